The molecule has 2 aromatic heterocycles. The summed E-state index contributed by atoms with van der Waals surface area (Å²) in [6, 6.07) is 1.89. The van der Waals surface area contributed by atoms with Gasteiger partial charge < -0.3 is 14.5 Å². The molecule has 1 fully saturated rings. The highest BCUT2D eigenvalue weighted by molar-refractivity contribution is 5.94. The average Bonchev–Trinajstić information content (AvgIpc) is 3.07. The highest BCUT2D eigenvalue weighted by Crippen LogP contribution is 2.25. The number of amides is 1. The van der Waals surface area contributed by atoms with E-state index in [0.717, 1.165) is 61.5 Å². The first kappa shape index (κ1) is 19.7. The minimum absolute atomic E-state index is 0.103. The zero-order chi connectivity index (χ0) is 20.4. The lowest BCUT2D eigenvalue weighted by atomic mass is 9.95. The van der Waals surface area contributed by atoms with Gasteiger partial charge in [-0.05, 0) is 31.6 Å². The zero-order valence-electron chi connectivity index (χ0n) is 17.6. The van der Waals surface area contributed by atoms with Crippen molar-refractivity contribution < 1.29 is 9.53 Å². The van der Waals surface area contributed by atoms with Crippen LogP contribution in [0.15, 0.2) is 12.4 Å². The van der Waals surface area contributed by atoms with Crippen LogP contribution in [0.25, 0.3) is 0 Å². The monoisotopic (exact) mass is 398 g/mol. The van der Waals surface area contributed by atoms with E-state index < -0.39 is 0 Å². The first-order chi connectivity index (χ1) is 14.0. The van der Waals surface area contributed by atoms with E-state index in [-0.39, 0.29) is 5.91 Å². The summed E-state index contributed by atoms with van der Waals surface area (Å²) in [6.07, 6.45) is 5.80. The summed E-state index contributed by atoms with van der Waals surface area (Å²) in [6.45, 7) is 7.68. The molecule has 8 nitrogen and oxygen atoms in total. The SMILES string of the molecule is CC(C)COc1cc(N2CCN(C(=O)c3c4c(nn3C)CCCC4)CC2)ncn1. The van der Waals surface area contributed by atoms with E-state index in [9.17, 15) is 4.79 Å². The van der Waals surface area contributed by atoms with E-state index in [1.54, 1.807) is 11.0 Å². The zero-order valence-corrected chi connectivity index (χ0v) is 17.6. The summed E-state index contributed by atoms with van der Waals surface area (Å²) >= 11 is 0. The molecule has 8 heteroatoms. The number of fused-ring (bicyclic) bond motifs is 1. The first-order valence-corrected chi connectivity index (χ1v) is 10.6. The highest BCUT2D eigenvalue weighted by Gasteiger charge is 2.29. The summed E-state index contributed by atoms with van der Waals surface area (Å²) in [7, 11) is 1.89. The van der Waals surface area contributed by atoms with Crippen LogP contribution in [0.1, 0.15) is 48.4 Å². The van der Waals surface area contributed by atoms with Gasteiger partial charge in [0.2, 0.25) is 5.88 Å². The Morgan fingerprint density at radius 3 is 2.66 bits per heavy atom. The van der Waals surface area contributed by atoms with Gasteiger partial charge in [0.1, 0.15) is 17.8 Å². The van der Waals surface area contributed by atoms with Crippen LogP contribution in [-0.4, -0.2) is 63.3 Å². The second-order valence-corrected chi connectivity index (χ2v) is 8.30. The van der Waals surface area contributed by atoms with Crippen LogP contribution in [0.3, 0.4) is 0 Å². The van der Waals surface area contributed by atoms with Gasteiger partial charge in [-0.15, -0.1) is 0 Å². The summed E-state index contributed by atoms with van der Waals surface area (Å²) in [5.74, 6) is 2.00. The predicted octanol–water partition coefficient (Wildman–Crippen LogP) is 2.09. The van der Waals surface area contributed by atoms with E-state index in [4.69, 9.17) is 4.74 Å². The molecule has 1 amide bonds. The molecule has 0 atom stereocenters. The van der Waals surface area contributed by atoms with E-state index in [0.29, 0.717) is 31.5 Å². The number of aryl methyl sites for hydroxylation is 2. The third kappa shape index (κ3) is 4.21. The normalized spacial score (nSPS) is 16.8. The Bertz CT molecular complexity index is 870. The van der Waals surface area contributed by atoms with Gasteiger partial charge in [0.25, 0.3) is 5.91 Å². The van der Waals surface area contributed by atoms with Gasteiger partial charge in [-0.3, -0.25) is 9.48 Å². The van der Waals surface area contributed by atoms with Crippen molar-refractivity contribution in [3.05, 3.63) is 29.3 Å². The molecule has 0 unspecified atom stereocenters. The van der Waals surface area contributed by atoms with Crippen molar-refractivity contribution in [1.82, 2.24) is 24.6 Å². The van der Waals surface area contributed by atoms with Gasteiger partial charge >= 0.3 is 0 Å². The number of ether oxygens (including phenoxy) is 1. The molecule has 0 aromatic carbocycles. The minimum atomic E-state index is 0.103. The van der Waals surface area contributed by atoms with Gasteiger partial charge in [0.05, 0.1) is 12.3 Å². The topological polar surface area (TPSA) is 76.4 Å². The van der Waals surface area contributed by atoms with Gasteiger partial charge in [-0.1, -0.05) is 13.8 Å². The summed E-state index contributed by atoms with van der Waals surface area (Å²) in [4.78, 5) is 25.9. The van der Waals surface area contributed by atoms with Gasteiger partial charge in [0.15, 0.2) is 0 Å². The molecular formula is C21H30N6O2. The second-order valence-electron chi connectivity index (χ2n) is 8.30. The molecule has 0 radical (unpaired) electrons. The van der Waals surface area contributed by atoms with Gasteiger partial charge in [0, 0.05) is 44.9 Å². The molecule has 0 saturated carbocycles. The van der Waals surface area contributed by atoms with Crippen molar-refractivity contribution >= 4 is 11.7 Å². The summed E-state index contributed by atoms with van der Waals surface area (Å²) < 4.78 is 7.51. The molecule has 29 heavy (non-hydrogen) atoms. The Balaban J connectivity index is 1.40. The largest absolute Gasteiger partial charge is 0.477 e. The lowest BCUT2D eigenvalue weighted by Crippen LogP contribution is -2.49. The standard InChI is InChI=1S/C21H30N6O2/c1-15(2)13-29-19-12-18(22-14-23-19)26-8-10-27(11-9-26)21(28)20-16-6-4-5-7-17(16)24-25(20)3/h12,14-15H,4-11,13H2,1-3H3. The smallest absolute Gasteiger partial charge is 0.272 e. The van der Waals surface area contributed by atoms with Gasteiger partial charge in [-0.25, -0.2) is 9.97 Å². The predicted molar refractivity (Wildman–Crippen MR) is 110 cm³/mol. The molecule has 1 saturated heterocycles. The van der Waals surface area contributed by atoms with E-state index in [1.807, 2.05) is 18.0 Å². The number of rotatable bonds is 5. The van der Waals surface area contributed by atoms with E-state index in [1.165, 1.54) is 0 Å². The third-order valence-electron chi connectivity index (χ3n) is 5.60. The van der Waals surface area contributed by atoms with Crippen LogP contribution in [0.5, 0.6) is 5.88 Å². The van der Waals surface area contributed by atoms with Crippen LogP contribution in [-0.2, 0) is 19.9 Å². The van der Waals surface area contributed by atoms with Crippen molar-refractivity contribution in [2.75, 3.05) is 37.7 Å². The number of piperazine rings is 1. The number of hydrogen-bond donors (Lipinski definition) is 0. The van der Waals surface area contributed by atoms with Crippen molar-refractivity contribution in [3.8, 4) is 5.88 Å². The molecule has 2 aromatic rings. The Hall–Kier alpha value is -2.64. The van der Waals surface area contributed by atoms with Crippen molar-refractivity contribution in [3.63, 3.8) is 0 Å². The van der Waals surface area contributed by atoms with Crippen molar-refractivity contribution in [2.24, 2.45) is 13.0 Å². The highest BCUT2D eigenvalue weighted by atomic mass is 16.5. The second kappa shape index (κ2) is 8.39. The maximum atomic E-state index is 13.2. The molecule has 1 aliphatic carbocycles. The van der Waals surface area contributed by atoms with Crippen LogP contribution in [0, 0.1) is 5.92 Å². The Morgan fingerprint density at radius 2 is 1.90 bits per heavy atom. The molecule has 0 spiro atoms. The number of aromatic nitrogens is 4. The number of nitrogens with zero attached hydrogens (tertiary/aromatic N) is 6. The van der Waals surface area contributed by atoms with Crippen LogP contribution in [0.4, 0.5) is 5.82 Å². The minimum Gasteiger partial charge on any atom is -0.477 e. The maximum absolute atomic E-state index is 13.2. The Kier molecular flexibility index (Phi) is 5.69. The first-order valence-electron chi connectivity index (χ1n) is 10.6. The molecule has 4 rings (SSSR count). The maximum Gasteiger partial charge on any atom is 0.272 e. The summed E-state index contributed by atoms with van der Waals surface area (Å²) in [5, 5.41) is 4.60. The Labute approximate surface area is 171 Å². The molecule has 1 aliphatic heterocycles. The number of carbonyl (C=O) groups excluding carboxylic acids is 1. The Morgan fingerprint density at radius 1 is 1.14 bits per heavy atom. The summed E-state index contributed by atoms with van der Waals surface area (Å²) in [5.41, 5.74) is 3.05. The fourth-order valence-corrected chi connectivity index (χ4v) is 4.07. The van der Waals surface area contributed by atoms with E-state index in [2.05, 4.69) is 33.8 Å². The fourth-order valence-electron chi connectivity index (χ4n) is 4.07. The molecular weight excluding hydrogens is 368 g/mol. The van der Waals surface area contributed by atoms with Crippen molar-refractivity contribution in [2.45, 2.75) is 39.5 Å². The fraction of sp³-hybridized carbons (Fsp3) is 0.619. The molecule has 0 N–H and O–H groups in total. The van der Waals surface area contributed by atoms with E-state index >= 15 is 0 Å². The molecule has 0 bridgehead atoms. The lowest BCUT2D eigenvalue weighted by molar-refractivity contribution is 0.0734. The van der Waals surface area contributed by atoms with Crippen LogP contribution in [0.2, 0.25) is 0 Å². The van der Waals surface area contributed by atoms with Crippen molar-refractivity contribution in [1.29, 1.82) is 0 Å². The average molecular weight is 399 g/mol. The third-order valence-corrected chi connectivity index (χ3v) is 5.60. The van der Waals surface area contributed by atoms with Gasteiger partial charge in [-0.2, -0.15) is 5.10 Å². The number of anilines is 1. The molecule has 2 aliphatic rings. The number of carbonyl (C=O) groups is 1. The van der Waals surface area contributed by atoms with Crippen LogP contribution >= 0.6 is 0 Å². The molecule has 3 heterocycles. The molecule has 156 valence electrons. The van der Waals surface area contributed by atoms with Crippen LogP contribution < -0.4 is 9.64 Å². The number of hydrogen-bond acceptors (Lipinski definition) is 6. The lowest BCUT2D eigenvalue weighted by Gasteiger charge is -2.35. The quantitative estimate of drug-likeness (QED) is 0.768.